The van der Waals surface area contributed by atoms with Gasteiger partial charge in [-0.15, -0.1) is 0 Å². The zero-order chi connectivity index (χ0) is 38.5. The van der Waals surface area contributed by atoms with E-state index in [0.29, 0.717) is 0 Å². The Kier molecular flexibility index (Phi) is 11.5. The Bertz CT molecular complexity index is 1780. The Morgan fingerprint density at radius 2 is 1.32 bits per heavy atom. The van der Waals surface area contributed by atoms with E-state index < -0.39 is 116 Å². The predicted octanol–water partition coefficient (Wildman–Crippen LogP) is -2.24. The van der Waals surface area contributed by atoms with E-state index in [1.807, 2.05) is 0 Å². The number of hydrogen-bond donors (Lipinski definition) is 10. The number of aromatic hydroxyl groups is 2. The number of rotatable bonds is 9. The number of ether oxygens (including phenoxy) is 7. The summed E-state index contributed by atoms with van der Waals surface area (Å²) in [6, 6.07) is 7.93. The molecule has 53 heavy (non-hydrogen) atoms. The van der Waals surface area contributed by atoms with Gasteiger partial charge in [0.1, 0.15) is 89.3 Å². The van der Waals surface area contributed by atoms with Crippen LogP contribution in [0.4, 0.5) is 0 Å². The molecule has 3 aliphatic rings. The zero-order valence-corrected chi connectivity index (χ0v) is 28.5. The first-order valence-electron chi connectivity index (χ1n) is 16.6. The van der Waals surface area contributed by atoms with Gasteiger partial charge < -0.3 is 88.6 Å². The van der Waals surface area contributed by atoms with Gasteiger partial charge in [-0.25, -0.2) is 0 Å². The van der Waals surface area contributed by atoms with Gasteiger partial charge in [-0.2, -0.15) is 0 Å². The third kappa shape index (κ3) is 7.54. The quantitative estimate of drug-likeness (QED) is 0.110. The fourth-order valence-electron chi connectivity index (χ4n) is 6.32. The second-order valence-corrected chi connectivity index (χ2v) is 13.1. The first-order valence-corrected chi connectivity index (χ1v) is 16.6. The summed E-state index contributed by atoms with van der Waals surface area (Å²) in [5.41, 5.74) is -0.804. The molecule has 0 radical (unpaired) electrons. The van der Waals surface area contributed by atoms with E-state index in [1.54, 1.807) is 0 Å². The number of aliphatic hydroxyl groups is 8. The van der Waals surface area contributed by atoms with E-state index >= 15 is 0 Å². The summed E-state index contributed by atoms with van der Waals surface area (Å²) >= 11 is 0. The SMILES string of the molecule is COc1cc(O)c2c(=O)c(O[C@H]3O[C@@H](CO[C@@H]4O[C@@H](C)[C@H](O)[C@@H](O[C@@H]5O[C@@H](C)[C@H](O)[C@@H](O)[C@H]5O)[C@H]4O)[C@H](O)[C@@H](O)[C@@H]3O)c(-c3ccc(O)cc3)oc2c1. The van der Waals surface area contributed by atoms with Crippen LogP contribution in [0.3, 0.4) is 0 Å². The lowest BCUT2D eigenvalue weighted by molar-refractivity contribution is -0.358. The molecule has 10 N–H and O–H groups in total. The van der Waals surface area contributed by atoms with Crippen LogP contribution in [0.5, 0.6) is 23.0 Å². The Balaban J connectivity index is 1.23. The van der Waals surface area contributed by atoms with Gasteiger partial charge in [0, 0.05) is 17.7 Å². The van der Waals surface area contributed by atoms with Crippen LogP contribution in [-0.2, 0) is 23.7 Å². The van der Waals surface area contributed by atoms with Crippen LogP contribution >= 0.6 is 0 Å². The van der Waals surface area contributed by atoms with Crippen molar-refractivity contribution < 1.29 is 88.6 Å². The van der Waals surface area contributed by atoms with Crippen LogP contribution in [0.25, 0.3) is 22.3 Å². The largest absolute Gasteiger partial charge is 0.508 e. The molecule has 19 nitrogen and oxygen atoms in total. The minimum atomic E-state index is -1.96. The Labute approximate surface area is 300 Å². The maximum Gasteiger partial charge on any atom is 0.239 e. The molecular weight excluding hydrogens is 712 g/mol. The fraction of sp³-hybridized carbons (Fsp3) is 0.559. The maximum atomic E-state index is 13.9. The molecule has 3 aromatic rings. The number of hydrogen-bond acceptors (Lipinski definition) is 19. The molecule has 4 heterocycles. The lowest BCUT2D eigenvalue weighted by atomic mass is 9.97. The van der Waals surface area contributed by atoms with Crippen molar-refractivity contribution in [2.24, 2.45) is 0 Å². The third-order valence-electron chi connectivity index (χ3n) is 9.48. The number of phenolic OH excluding ortho intramolecular Hbond substituents is 2. The van der Waals surface area contributed by atoms with Gasteiger partial charge in [-0.05, 0) is 38.1 Å². The van der Waals surface area contributed by atoms with Crippen molar-refractivity contribution in [2.45, 2.75) is 106 Å². The lowest BCUT2D eigenvalue weighted by Gasteiger charge is -2.46. The van der Waals surface area contributed by atoms with Crippen LogP contribution in [-0.4, -0.2) is 157 Å². The van der Waals surface area contributed by atoms with E-state index in [9.17, 15) is 55.9 Å². The second kappa shape index (κ2) is 15.6. The predicted molar refractivity (Wildman–Crippen MR) is 175 cm³/mol. The summed E-state index contributed by atoms with van der Waals surface area (Å²) in [5.74, 6) is -1.27. The summed E-state index contributed by atoms with van der Waals surface area (Å²) in [6.07, 6.45) is -23.9. The number of fused-ring (bicyclic) bond motifs is 1. The molecule has 3 aliphatic heterocycles. The maximum absolute atomic E-state index is 13.9. The van der Waals surface area contributed by atoms with E-state index in [-0.39, 0.29) is 33.8 Å². The summed E-state index contributed by atoms with van der Waals surface area (Å²) in [5, 5.41) is 105. The van der Waals surface area contributed by atoms with E-state index in [0.717, 1.165) is 0 Å². The molecule has 0 spiro atoms. The normalized spacial score (nSPS) is 37.8. The van der Waals surface area contributed by atoms with Crippen molar-refractivity contribution in [3.05, 3.63) is 46.6 Å². The molecule has 3 saturated heterocycles. The van der Waals surface area contributed by atoms with Crippen molar-refractivity contribution in [3.8, 4) is 34.3 Å². The molecule has 0 bridgehead atoms. The Morgan fingerprint density at radius 3 is 2.00 bits per heavy atom. The van der Waals surface area contributed by atoms with Gasteiger partial charge in [-0.1, -0.05) is 0 Å². The highest BCUT2D eigenvalue weighted by Crippen LogP contribution is 2.38. The van der Waals surface area contributed by atoms with Gasteiger partial charge in [0.15, 0.2) is 18.3 Å². The fourth-order valence-corrected chi connectivity index (χ4v) is 6.32. The van der Waals surface area contributed by atoms with Gasteiger partial charge in [0.25, 0.3) is 0 Å². The molecule has 0 amide bonds. The van der Waals surface area contributed by atoms with Crippen LogP contribution in [0.15, 0.2) is 45.6 Å². The average molecular weight is 755 g/mol. The lowest BCUT2D eigenvalue weighted by Crippen LogP contribution is -2.64. The van der Waals surface area contributed by atoms with Gasteiger partial charge in [-0.3, -0.25) is 4.79 Å². The van der Waals surface area contributed by atoms with Gasteiger partial charge >= 0.3 is 0 Å². The Morgan fingerprint density at radius 1 is 0.698 bits per heavy atom. The molecule has 2 aromatic carbocycles. The summed E-state index contributed by atoms with van der Waals surface area (Å²) in [7, 11) is 1.34. The van der Waals surface area contributed by atoms with Crippen LogP contribution in [0.2, 0.25) is 0 Å². The molecule has 292 valence electrons. The molecule has 15 atom stereocenters. The minimum Gasteiger partial charge on any atom is -0.508 e. The summed E-state index contributed by atoms with van der Waals surface area (Å²) in [6.45, 7) is 2.19. The van der Waals surface area contributed by atoms with Crippen molar-refractivity contribution in [3.63, 3.8) is 0 Å². The van der Waals surface area contributed by atoms with Crippen molar-refractivity contribution >= 4 is 11.0 Å². The van der Waals surface area contributed by atoms with Gasteiger partial charge in [0.2, 0.25) is 17.5 Å². The number of phenols is 2. The zero-order valence-electron chi connectivity index (χ0n) is 28.5. The molecule has 19 heteroatoms. The molecule has 0 aliphatic carbocycles. The molecular formula is C34H42O19. The molecule has 3 fully saturated rings. The number of methoxy groups -OCH3 is 1. The number of aliphatic hydroxyl groups excluding tert-OH is 8. The van der Waals surface area contributed by atoms with Crippen molar-refractivity contribution in [1.29, 1.82) is 0 Å². The van der Waals surface area contributed by atoms with Crippen molar-refractivity contribution in [1.82, 2.24) is 0 Å². The minimum absolute atomic E-state index is 0.102. The summed E-state index contributed by atoms with van der Waals surface area (Å²) in [4.78, 5) is 13.9. The highest BCUT2D eigenvalue weighted by atomic mass is 16.7. The highest BCUT2D eigenvalue weighted by molar-refractivity contribution is 5.88. The third-order valence-corrected chi connectivity index (χ3v) is 9.48. The van der Waals surface area contributed by atoms with Crippen molar-refractivity contribution in [2.75, 3.05) is 13.7 Å². The van der Waals surface area contributed by atoms with Gasteiger partial charge in [0.05, 0.1) is 25.9 Å². The van der Waals surface area contributed by atoms with E-state index in [2.05, 4.69) is 0 Å². The molecule has 1 aromatic heterocycles. The Hall–Kier alpha value is -3.67. The van der Waals surface area contributed by atoms with Crippen LogP contribution < -0.4 is 14.9 Å². The monoisotopic (exact) mass is 754 g/mol. The van der Waals surface area contributed by atoms with Crippen LogP contribution in [0.1, 0.15) is 13.8 Å². The topological polar surface area (TPSA) is 297 Å². The standard InChI is InChI=1S/C34H42O19/c1-11-20(37)24(41)26(43)33(49-11)52-30-21(38)12(2)48-32(28(30)45)47-10-18-22(39)25(42)27(44)34(51-18)53-31-23(40)19-16(36)8-15(46-3)9-17(19)50-29(31)13-4-6-14(35)7-5-13/h4-9,11-12,18,20-22,24-28,30,32-39,41-45H,10H2,1-3H3/t11-,12-,18-,20-,21-,22-,24+,25+,26+,27-,28+,30+,32+,33-,34+/m0/s1. The van der Waals surface area contributed by atoms with E-state index in [4.69, 9.17) is 37.6 Å². The average Bonchev–Trinajstić information content (AvgIpc) is 3.13. The smallest absolute Gasteiger partial charge is 0.239 e. The summed E-state index contributed by atoms with van der Waals surface area (Å²) < 4.78 is 45.1. The van der Waals surface area contributed by atoms with E-state index in [1.165, 1.54) is 57.4 Å². The molecule has 6 rings (SSSR count). The first-order chi connectivity index (χ1) is 25.1. The molecule has 0 unspecified atom stereocenters. The molecule has 0 saturated carbocycles. The highest BCUT2D eigenvalue weighted by Gasteiger charge is 2.51. The second-order valence-electron chi connectivity index (χ2n) is 13.1. The number of benzene rings is 2. The van der Waals surface area contributed by atoms with Crippen LogP contribution in [0, 0.1) is 0 Å². The first kappa shape index (κ1) is 39.0.